The number of likely N-dealkylation sites (N-methyl/N-ethyl adjacent to an activating group) is 1. The number of nitrogens with two attached hydrogens (primary N) is 1. The number of pyridine rings is 2. The summed E-state index contributed by atoms with van der Waals surface area (Å²) in [4.78, 5) is 28.0. The first-order chi connectivity index (χ1) is 14.9. The van der Waals surface area contributed by atoms with Crippen molar-refractivity contribution in [1.29, 1.82) is 0 Å². The molecule has 1 amide bonds. The van der Waals surface area contributed by atoms with Gasteiger partial charge in [-0.1, -0.05) is 32.0 Å². The van der Waals surface area contributed by atoms with E-state index in [0.717, 1.165) is 40.9 Å². The van der Waals surface area contributed by atoms with E-state index < -0.39 is 11.5 Å². The lowest BCUT2D eigenvalue weighted by molar-refractivity contribution is -0.129. The molecule has 1 atom stereocenters. The first kappa shape index (κ1) is 20.7. The van der Waals surface area contributed by atoms with Gasteiger partial charge in [0.25, 0.3) is 5.91 Å². The van der Waals surface area contributed by atoms with Crippen molar-refractivity contribution in [3.05, 3.63) is 83.2 Å². The third-order valence-corrected chi connectivity index (χ3v) is 5.65. The van der Waals surface area contributed by atoms with Crippen molar-refractivity contribution in [2.45, 2.75) is 32.2 Å². The molecule has 158 valence electrons. The average Bonchev–Trinajstić information content (AvgIpc) is 3.04. The van der Waals surface area contributed by atoms with E-state index >= 15 is 0 Å². The van der Waals surface area contributed by atoms with Gasteiger partial charge in [0, 0.05) is 30.2 Å². The predicted molar refractivity (Wildman–Crippen MR) is 118 cm³/mol. The number of halogens is 1. The van der Waals surface area contributed by atoms with Crippen molar-refractivity contribution < 1.29 is 9.18 Å². The molecule has 3 heterocycles. The SMILES string of the molecule is CCc1cc(C2(c3cccc(-c4ccc(F)nc4)c3)N=C(N)N(C)C2=O)cc(CC)n1. The number of aliphatic imine (C=N–C) groups is 1. The molecule has 1 aliphatic rings. The molecule has 0 aliphatic carbocycles. The number of benzene rings is 1. The second-order valence-corrected chi connectivity index (χ2v) is 7.54. The molecule has 3 aromatic rings. The van der Waals surface area contributed by atoms with Crippen molar-refractivity contribution in [3.8, 4) is 11.1 Å². The number of hydrogen-bond donors (Lipinski definition) is 1. The standard InChI is InChI=1S/C24H24FN5O/c1-4-19-12-18(13-20(5-2)28-19)24(22(31)30(3)23(26)29-24)17-8-6-7-15(11-17)16-9-10-21(25)27-14-16/h6-14H,4-5H2,1-3H3,(H2,26,29). The summed E-state index contributed by atoms with van der Waals surface area (Å²) in [6.45, 7) is 4.06. The normalized spacial score (nSPS) is 18.4. The van der Waals surface area contributed by atoms with Gasteiger partial charge in [0.2, 0.25) is 5.95 Å². The van der Waals surface area contributed by atoms with Crippen LogP contribution in [0.4, 0.5) is 4.39 Å². The monoisotopic (exact) mass is 417 g/mol. The van der Waals surface area contributed by atoms with Crippen LogP contribution in [-0.2, 0) is 23.2 Å². The van der Waals surface area contributed by atoms with Crippen LogP contribution in [0.2, 0.25) is 0 Å². The summed E-state index contributed by atoms with van der Waals surface area (Å²) in [5, 5.41) is 0. The smallest absolute Gasteiger partial charge is 0.266 e. The maximum absolute atomic E-state index is 13.6. The molecule has 0 saturated carbocycles. The maximum atomic E-state index is 13.6. The first-order valence-corrected chi connectivity index (χ1v) is 10.2. The number of aryl methyl sites for hydroxylation is 2. The summed E-state index contributed by atoms with van der Waals surface area (Å²) in [6, 6.07) is 14.3. The molecule has 1 aliphatic heterocycles. The summed E-state index contributed by atoms with van der Waals surface area (Å²) < 4.78 is 13.3. The molecular formula is C24H24FN5O. The molecule has 2 N–H and O–H groups in total. The van der Waals surface area contributed by atoms with Crippen LogP contribution in [0.3, 0.4) is 0 Å². The minimum Gasteiger partial charge on any atom is -0.369 e. The van der Waals surface area contributed by atoms with Gasteiger partial charge in [0.05, 0.1) is 0 Å². The third kappa shape index (κ3) is 3.46. The van der Waals surface area contributed by atoms with Crippen LogP contribution >= 0.6 is 0 Å². The fraction of sp³-hybridized carbons (Fsp3) is 0.250. The predicted octanol–water partition coefficient (Wildman–Crippen LogP) is 3.44. The summed E-state index contributed by atoms with van der Waals surface area (Å²) >= 11 is 0. The van der Waals surface area contributed by atoms with Crippen molar-refractivity contribution >= 4 is 11.9 Å². The zero-order valence-electron chi connectivity index (χ0n) is 17.8. The molecule has 2 aromatic heterocycles. The Morgan fingerprint density at radius 3 is 2.26 bits per heavy atom. The highest BCUT2D eigenvalue weighted by molar-refractivity contribution is 6.09. The molecule has 0 spiro atoms. The molecule has 0 radical (unpaired) electrons. The van der Waals surface area contributed by atoms with Gasteiger partial charge >= 0.3 is 0 Å². The zero-order chi connectivity index (χ0) is 22.2. The number of amides is 1. The molecule has 6 nitrogen and oxygen atoms in total. The quantitative estimate of drug-likeness (QED) is 0.645. The second-order valence-electron chi connectivity index (χ2n) is 7.54. The molecule has 31 heavy (non-hydrogen) atoms. The summed E-state index contributed by atoms with van der Waals surface area (Å²) in [5.74, 6) is -0.612. The minimum atomic E-state index is -1.31. The Balaban J connectivity index is 1.96. The minimum absolute atomic E-state index is 0.159. The van der Waals surface area contributed by atoms with E-state index in [-0.39, 0.29) is 11.9 Å². The Morgan fingerprint density at radius 1 is 1.00 bits per heavy atom. The van der Waals surface area contributed by atoms with Crippen LogP contribution in [0.25, 0.3) is 11.1 Å². The topological polar surface area (TPSA) is 84.5 Å². The van der Waals surface area contributed by atoms with E-state index in [0.29, 0.717) is 5.56 Å². The van der Waals surface area contributed by atoms with Gasteiger partial charge in [-0.25, -0.2) is 9.98 Å². The van der Waals surface area contributed by atoms with Crippen molar-refractivity contribution in [3.63, 3.8) is 0 Å². The first-order valence-electron chi connectivity index (χ1n) is 10.2. The van der Waals surface area contributed by atoms with Gasteiger partial charge in [0.1, 0.15) is 0 Å². The lowest BCUT2D eigenvalue weighted by Crippen LogP contribution is -2.41. The van der Waals surface area contributed by atoms with Gasteiger partial charge in [0.15, 0.2) is 11.5 Å². The highest BCUT2D eigenvalue weighted by Crippen LogP contribution is 2.41. The van der Waals surface area contributed by atoms with Crippen LogP contribution in [0.5, 0.6) is 0 Å². The molecular weight excluding hydrogens is 393 g/mol. The Hall–Kier alpha value is -3.61. The molecule has 1 aromatic carbocycles. The van der Waals surface area contributed by atoms with E-state index in [1.54, 1.807) is 13.1 Å². The summed E-state index contributed by atoms with van der Waals surface area (Å²) in [7, 11) is 1.62. The Kier molecular flexibility index (Phi) is 5.27. The van der Waals surface area contributed by atoms with Gasteiger partial charge in [-0.05, 0) is 59.9 Å². The summed E-state index contributed by atoms with van der Waals surface area (Å²) in [6.07, 6.45) is 2.95. The fourth-order valence-corrected chi connectivity index (χ4v) is 3.88. The molecule has 4 rings (SSSR count). The number of carbonyl (C=O) groups is 1. The van der Waals surface area contributed by atoms with Gasteiger partial charge in [-0.2, -0.15) is 4.39 Å². The summed E-state index contributed by atoms with van der Waals surface area (Å²) in [5.41, 5.74) is 9.56. The highest BCUT2D eigenvalue weighted by Gasteiger charge is 2.49. The lowest BCUT2D eigenvalue weighted by Gasteiger charge is -2.27. The number of hydrogen-bond acceptors (Lipinski definition) is 5. The van der Waals surface area contributed by atoms with Gasteiger partial charge in [-0.3, -0.25) is 14.7 Å². The lowest BCUT2D eigenvalue weighted by atomic mass is 9.81. The van der Waals surface area contributed by atoms with Crippen molar-refractivity contribution in [1.82, 2.24) is 14.9 Å². The maximum Gasteiger partial charge on any atom is 0.266 e. The van der Waals surface area contributed by atoms with Gasteiger partial charge in [-0.15, -0.1) is 0 Å². The molecule has 0 fully saturated rings. The average molecular weight is 417 g/mol. The number of aromatic nitrogens is 2. The molecule has 1 unspecified atom stereocenters. The number of rotatable bonds is 5. The van der Waals surface area contributed by atoms with Crippen LogP contribution in [0.1, 0.15) is 36.4 Å². The highest BCUT2D eigenvalue weighted by atomic mass is 19.1. The van der Waals surface area contributed by atoms with E-state index in [4.69, 9.17) is 5.73 Å². The molecule has 0 saturated heterocycles. The number of carbonyl (C=O) groups excluding carboxylic acids is 1. The van der Waals surface area contributed by atoms with E-state index in [1.807, 2.05) is 50.2 Å². The fourth-order valence-electron chi connectivity index (χ4n) is 3.88. The van der Waals surface area contributed by atoms with E-state index in [9.17, 15) is 9.18 Å². The zero-order valence-corrected chi connectivity index (χ0v) is 17.8. The second kappa shape index (κ2) is 7.91. The van der Waals surface area contributed by atoms with Gasteiger partial charge < -0.3 is 5.73 Å². The van der Waals surface area contributed by atoms with E-state index in [1.165, 1.54) is 17.2 Å². The van der Waals surface area contributed by atoms with E-state index in [2.05, 4.69) is 15.0 Å². The van der Waals surface area contributed by atoms with Crippen molar-refractivity contribution in [2.75, 3.05) is 7.05 Å². The van der Waals surface area contributed by atoms with Crippen LogP contribution in [0.15, 0.2) is 59.7 Å². The van der Waals surface area contributed by atoms with Crippen LogP contribution in [-0.4, -0.2) is 33.8 Å². The van der Waals surface area contributed by atoms with Crippen LogP contribution in [0, 0.1) is 5.95 Å². The third-order valence-electron chi connectivity index (χ3n) is 5.65. The largest absolute Gasteiger partial charge is 0.369 e. The Bertz CT molecular complexity index is 1150. The Morgan fingerprint density at radius 2 is 1.71 bits per heavy atom. The Labute approximate surface area is 180 Å². The number of guanidine groups is 1. The van der Waals surface area contributed by atoms with Crippen LogP contribution < -0.4 is 5.73 Å². The number of nitrogens with zero attached hydrogens (tertiary/aromatic N) is 4. The van der Waals surface area contributed by atoms with Crippen molar-refractivity contribution in [2.24, 2.45) is 10.7 Å². The molecule has 7 heteroatoms. The molecule has 0 bridgehead atoms.